The van der Waals surface area contributed by atoms with Gasteiger partial charge in [0.15, 0.2) is 0 Å². The van der Waals surface area contributed by atoms with Gasteiger partial charge < -0.3 is 9.80 Å². The molecule has 2 aliphatic rings. The van der Waals surface area contributed by atoms with E-state index >= 15 is 0 Å². The molecule has 0 unspecified atom stereocenters. The van der Waals surface area contributed by atoms with Crippen LogP contribution in [0.2, 0.25) is 0 Å². The molecule has 0 aliphatic carbocycles. The summed E-state index contributed by atoms with van der Waals surface area (Å²) in [7, 11) is -9.28. The third-order valence-electron chi connectivity index (χ3n) is 8.04. The molecule has 0 fully saturated rings. The molecule has 0 saturated heterocycles. The summed E-state index contributed by atoms with van der Waals surface area (Å²) in [5.41, 5.74) is 2.41. The van der Waals surface area contributed by atoms with Crippen LogP contribution < -0.4 is 9.80 Å². The molecule has 0 atom stereocenters. The van der Waals surface area contributed by atoms with Crippen LogP contribution in [-0.4, -0.2) is 68.3 Å². The number of aromatic nitrogens is 2. The van der Waals surface area contributed by atoms with Gasteiger partial charge in [-0.2, -0.15) is 52.0 Å². The zero-order valence-corrected chi connectivity index (χ0v) is 32.5. The molecule has 0 radical (unpaired) electrons. The van der Waals surface area contributed by atoms with Gasteiger partial charge in [0.05, 0.1) is 6.20 Å². The number of halogens is 8. The molecule has 6 rings (SSSR count). The number of alkyl halides is 8. The third kappa shape index (κ3) is 9.85. The maximum Gasteiger partial charge on any atom is 0.459 e. The Kier molecular flexibility index (Phi) is 13.3. The average molecular weight is 922 g/mol. The first kappa shape index (κ1) is 45.0. The van der Waals surface area contributed by atoms with Crippen molar-refractivity contribution in [1.29, 1.82) is 0 Å². The first-order valence-electron chi connectivity index (χ1n) is 15.5. The molecule has 27 heteroatoms. The number of hydrogen-bond acceptors (Lipinski definition) is 14. The molecule has 14 nitrogen and oxygen atoms in total. The van der Waals surface area contributed by atoms with Gasteiger partial charge >= 0.3 is 18.3 Å². The fourth-order valence-corrected chi connectivity index (χ4v) is 7.99. The molecule has 2 N–H and O–H groups in total. The molecule has 0 spiro atoms. The number of thiazole rings is 2. The van der Waals surface area contributed by atoms with Gasteiger partial charge in [-0.1, -0.05) is 22.7 Å². The van der Waals surface area contributed by atoms with Crippen molar-refractivity contribution < 1.29 is 77.6 Å². The Morgan fingerprint density at radius 3 is 1.41 bits per heavy atom. The Hall–Kier alpha value is -3.75. The normalized spacial score (nSPS) is 14.9. The van der Waals surface area contributed by atoms with E-state index in [4.69, 9.17) is 0 Å². The van der Waals surface area contributed by atoms with Crippen molar-refractivity contribution in [3.63, 3.8) is 0 Å². The van der Waals surface area contributed by atoms with Crippen LogP contribution in [0.1, 0.15) is 34.7 Å². The summed E-state index contributed by atoms with van der Waals surface area (Å²) in [6, 6.07) is 5.37. The molecule has 0 bridgehead atoms. The number of fused-ring (bicyclic) bond motifs is 2. The van der Waals surface area contributed by atoms with E-state index in [9.17, 15) is 61.1 Å². The van der Waals surface area contributed by atoms with Crippen LogP contribution in [0.15, 0.2) is 66.9 Å². The Balaban J connectivity index is 0.000000246. The van der Waals surface area contributed by atoms with Crippen LogP contribution in [0.25, 0.3) is 0 Å². The Morgan fingerprint density at radius 2 is 1.07 bits per heavy atom. The summed E-state index contributed by atoms with van der Waals surface area (Å²) in [5.74, 6) is -5.10. The maximum absolute atomic E-state index is 13.3. The van der Waals surface area contributed by atoms with Gasteiger partial charge in [-0.15, -0.1) is 20.5 Å². The second kappa shape index (κ2) is 16.6. The van der Waals surface area contributed by atoms with Gasteiger partial charge in [-0.3, -0.25) is 9.11 Å². The van der Waals surface area contributed by atoms with Crippen LogP contribution in [0.4, 0.5) is 68.1 Å². The van der Waals surface area contributed by atoms with Crippen LogP contribution in [0.3, 0.4) is 0 Å². The molecular weight excluding hydrogens is 895 g/mol. The number of azo groups is 2. The van der Waals surface area contributed by atoms with Gasteiger partial charge in [0, 0.05) is 60.2 Å². The number of rotatable bonds is 9. The van der Waals surface area contributed by atoms with Crippen LogP contribution in [-0.2, 0) is 61.7 Å². The molecule has 56 heavy (non-hydrogen) atoms. The molecule has 0 saturated carbocycles. The number of benzene rings is 2. The molecule has 0 amide bonds. The van der Waals surface area contributed by atoms with E-state index in [0.29, 0.717) is 62.8 Å². The van der Waals surface area contributed by atoms with Crippen molar-refractivity contribution in [3.8, 4) is 0 Å². The summed E-state index contributed by atoms with van der Waals surface area (Å²) in [5, 5.41) is 13.6. The molecule has 4 heterocycles. The number of anilines is 2. The standard InChI is InChI=1S/C15H13F5N4O3S2.C14H13F3N4O3S2.Ni/c1-2-24-4-3-8-5-9(11(6-10(8)24)29(25,26)27)22-23-13-21-7-12(28-13)14(16,17)15(18,19)20;1-2-21-4-3-8-5-9(11(6-10(8)21)26(22,23)24)19-20-13-18-7-12(25-13)14(15,16)17;/h5-7H,2-4H2,1H3,(H,25,26,27);5-7H,2-4H2,1H3,(H,22,23,24);. The first-order chi connectivity index (χ1) is 25.4. The van der Waals surface area contributed by atoms with E-state index < -0.39 is 63.2 Å². The largest absolute Gasteiger partial charge is 0.459 e. The van der Waals surface area contributed by atoms with E-state index in [-0.39, 0.29) is 55.7 Å². The minimum atomic E-state index is -5.79. The summed E-state index contributed by atoms with van der Waals surface area (Å²) < 4.78 is 167. The predicted octanol–water partition coefficient (Wildman–Crippen LogP) is 9.05. The molecule has 2 aromatic heterocycles. The van der Waals surface area contributed by atoms with E-state index in [2.05, 4.69) is 30.4 Å². The van der Waals surface area contributed by atoms with Crippen molar-refractivity contribution in [3.05, 3.63) is 57.5 Å². The van der Waals surface area contributed by atoms with Crippen molar-refractivity contribution in [2.24, 2.45) is 20.5 Å². The van der Waals surface area contributed by atoms with E-state index in [1.165, 1.54) is 24.3 Å². The fourth-order valence-electron chi connectivity index (χ4n) is 5.40. The van der Waals surface area contributed by atoms with Gasteiger partial charge in [0.25, 0.3) is 20.2 Å². The van der Waals surface area contributed by atoms with Crippen LogP contribution in [0, 0.1) is 0 Å². The fraction of sp³-hybridized carbons (Fsp3) is 0.379. The minimum Gasteiger partial charge on any atom is -0.371 e. The number of nitrogens with zero attached hydrogens (tertiary/aromatic N) is 8. The van der Waals surface area contributed by atoms with Gasteiger partial charge in [-0.25, -0.2) is 9.97 Å². The quantitative estimate of drug-likeness (QED) is 0.0709. The zero-order valence-electron chi connectivity index (χ0n) is 28.3. The minimum absolute atomic E-state index is 0. The Morgan fingerprint density at radius 1 is 0.679 bits per heavy atom. The number of hydrogen-bond donors (Lipinski definition) is 2. The predicted molar refractivity (Wildman–Crippen MR) is 183 cm³/mol. The number of likely N-dealkylation sites (N-methyl/N-ethyl adjacent to an activating group) is 2. The molecule has 4 aromatic rings. The van der Waals surface area contributed by atoms with Crippen LogP contribution >= 0.6 is 22.7 Å². The van der Waals surface area contributed by atoms with Crippen molar-refractivity contribution in [2.45, 2.75) is 54.8 Å². The first-order valence-corrected chi connectivity index (χ1v) is 20.0. The van der Waals surface area contributed by atoms with Crippen molar-refractivity contribution in [1.82, 2.24) is 9.97 Å². The van der Waals surface area contributed by atoms with Crippen molar-refractivity contribution in [2.75, 3.05) is 36.0 Å². The third-order valence-corrected chi connectivity index (χ3v) is 11.7. The summed E-state index contributed by atoms with van der Waals surface area (Å²) in [4.78, 5) is 7.38. The van der Waals surface area contributed by atoms with E-state index in [0.717, 1.165) is 11.1 Å². The zero-order chi connectivity index (χ0) is 40.7. The van der Waals surface area contributed by atoms with E-state index in [1.807, 2.05) is 23.6 Å². The van der Waals surface area contributed by atoms with Gasteiger partial charge in [-0.05, 0) is 62.1 Å². The Bertz CT molecular complexity index is 2370. The Labute approximate surface area is 330 Å². The summed E-state index contributed by atoms with van der Waals surface area (Å²) >= 11 is 0.252. The van der Waals surface area contributed by atoms with E-state index in [1.54, 1.807) is 0 Å². The SMILES string of the molecule is CCN1CCc2cc(N=Nc3ncc(C(F)(F)C(F)(F)F)s3)c(S(=O)(=O)O)cc21.CCN1CCc2cc(N=Nc3ncc(C(F)(F)F)s3)c(S(=O)(=O)O)cc21.[Ni]. The molecule has 2 aliphatic heterocycles. The average Bonchev–Trinajstić information content (AvgIpc) is 3.90. The topological polar surface area (TPSA) is 190 Å². The second-order valence-corrected chi connectivity index (χ2v) is 16.3. The smallest absolute Gasteiger partial charge is 0.371 e. The van der Waals surface area contributed by atoms with Crippen LogP contribution in [0.5, 0.6) is 0 Å². The second-order valence-electron chi connectivity index (χ2n) is 11.5. The van der Waals surface area contributed by atoms with Gasteiger partial charge in [0.2, 0.25) is 10.3 Å². The monoisotopic (exact) mass is 920 g/mol. The molecule has 308 valence electrons. The maximum atomic E-state index is 13.3. The summed E-state index contributed by atoms with van der Waals surface area (Å²) in [6.45, 7) is 6.37. The van der Waals surface area contributed by atoms with Crippen molar-refractivity contribution >= 4 is 75.9 Å². The van der Waals surface area contributed by atoms with Gasteiger partial charge in [0.1, 0.15) is 30.9 Å². The molecule has 2 aromatic carbocycles. The molecular formula is C29H26F8N8NiO6S4. The summed E-state index contributed by atoms with van der Waals surface area (Å²) in [6.07, 6.45) is -8.13.